The van der Waals surface area contributed by atoms with Crippen LogP contribution in [0.3, 0.4) is 0 Å². The van der Waals surface area contributed by atoms with Crippen LogP contribution in [0, 0.1) is 5.92 Å². The number of nitrogens with zero attached hydrogens (tertiary/aromatic N) is 1. The molecule has 1 aliphatic rings. The molecule has 2 aromatic rings. The number of hydrogen-bond donors (Lipinski definition) is 1. The van der Waals surface area contributed by atoms with Gasteiger partial charge in [0.2, 0.25) is 5.91 Å². The highest BCUT2D eigenvalue weighted by Gasteiger charge is 2.24. The van der Waals surface area contributed by atoms with Gasteiger partial charge in [0, 0.05) is 18.4 Å². The van der Waals surface area contributed by atoms with Crippen LogP contribution in [0.1, 0.15) is 57.8 Å². The molecule has 1 aromatic heterocycles. The van der Waals surface area contributed by atoms with Crippen molar-refractivity contribution in [3.05, 3.63) is 36.1 Å². The van der Waals surface area contributed by atoms with E-state index in [1.54, 1.807) is 0 Å². The van der Waals surface area contributed by atoms with E-state index in [-0.39, 0.29) is 11.9 Å². The summed E-state index contributed by atoms with van der Waals surface area (Å²) in [6, 6.07) is 10.1. The average molecular weight is 342 g/mol. The number of hydrogen-bond acceptors (Lipinski definition) is 3. The molecule has 2 heterocycles. The fourth-order valence-electron chi connectivity index (χ4n) is 3.78. The minimum absolute atomic E-state index is 0.0205. The van der Waals surface area contributed by atoms with Crippen molar-refractivity contribution in [3.63, 3.8) is 0 Å². The Balaban J connectivity index is 1.66. The van der Waals surface area contributed by atoms with Crippen LogP contribution < -0.4 is 5.32 Å². The van der Waals surface area contributed by atoms with Crippen molar-refractivity contribution in [2.24, 2.45) is 5.92 Å². The molecule has 1 unspecified atom stereocenters. The van der Waals surface area contributed by atoms with E-state index in [1.807, 2.05) is 23.1 Å². The highest BCUT2D eigenvalue weighted by atomic mass is 16.3. The lowest BCUT2D eigenvalue weighted by molar-refractivity contribution is -0.134. The van der Waals surface area contributed by atoms with E-state index >= 15 is 0 Å². The quantitative estimate of drug-likeness (QED) is 0.805. The number of carbonyl (C=O) groups is 1. The molecule has 0 radical (unpaired) electrons. The second kappa shape index (κ2) is 8.52. The molecule has 0 spiro atoms. The van der Waals surface area contributed by atoms with Crippen LogP contribution in [-0.2, 0) is 4.79 Å². The highest BCUT2D eigenvalue weighted by Crippen LogP contribution is 2.28. The molecule has 0 bridgehead atoms. The Kier molecular flexibility index (Phi) is 6.14. The van der Waals surface area contributed by atoms with Crippen LogP contribution in [0.2, 0.25) is 0 Å². The van der Waals surface area contributed by atoms with Gasteiger partial charge in [0.15, 0.2) is 0 Å². The van der Waals surface area contributed by atoms with Crippen LogP contribution in [0.4, 0.5) is 0 Å². The third-order valence-corrected chi connectivity index (χ3v) is 5.33. The van der Waals surface area contributed by atoms with E-state index < -0.39 is 0 Å². The van der Waals surface area contributed by atoms with Gasteiger partial charge in [0.25, 0.3) is 0 Å². The second-order valence-electron chi connectivity index (χ2n) is 7.18. The maximum Gasteiger partial charge on any atom is 0.223 e. The molecule has 1 atom stereocenters. The molecule has 136 valence electrons. The molecule has 3 rings (SSSR count). The molecule has 4 nitrogen and oxygen atoms in total. The summed E-state index contributed by atoms with van der Waals surface area (Å²) in [5, 5.41) is 4.49. The first-order valence-corrected chi connectivity index (χ1v) is 9.67. The van der Waals surface area contributed by atoms with Gasteiger partial charge in [-0.25, -0.2) is 0 Å². The summed E-state index contributed by atoms with van der Waals surface area (Å²) in [7, 11) is 0. The molecule has 1 aliphatic heterocycles. The van der Waals surface area contributed by atoms with Crippen molar-refractivity contribution in [1.82, 2.24) is 10.2 Å². The largest absolute Gasteiger partial charge is 0.459 e. The number of carbonyl (C=O) groups excluding carboxylic acids is 1. The molecule has 1 fully saturated rings. The Morgan fingerprint density at radius 3 is 2.80 bits per heavy atom. The summed E-state index contributed by atoms with van der Waals surface area (Å²) in [6.07, 6.45) is 5.01. The van der Waals surface area contributed by atoms with Crippen molar-refractivity contribution in [2.75, 3.05) is 19.6 Å². The molecular formula is C21H30N2O2. The Labute approximate surface area is 150 Å². The number of nitrogens with one attached hydrogen (secondary N) is 1. The number of fused-ring (bicyclic) bond motifs is 1. The van der Waals surface area contributed by atoms with Crippen molar-refractivity contribution in [2.45, 2.75) is 52.0 Å². The molecular weight excluding hydrogens is 312 g/mol. The molecule has 1 amide bonds. The fourth-order valence-corrected chi connectivity index (χ4v) is 3.78. The van der Waals surface area contributed by atoms with Crippen LogP contribution in [0.5, 0.6) is 0 Å². The van der Waals surface area contributed by atoms with Gasteiger partial charge in [0.05, 0.1) is 6.04 Å². The summed E-state index contributed by atoms with van der Waals surface area (Å²) in [5.41, 5.74) is 0.892. The molecule has 4 heteroatoms. The van der Waals surface area contributed by atoms with Crippen LogP contribution in [-0.4, -0.2) is 30.4 Å². The predicted octanol–water partition coefficient (Wildman–Crippen LogP) is 4.51. The number of piperidine rings is 1. The molecule has 1 saturated heterocycles. The predicted molar refractivity (Wildman–Crippen MR) is 101 cm³/mol. The van der Waals surface area contributed by atoms with Crippen LogP contribution in [0.25, 0.3) is 11.0 Å². The van der Waals surface area contributed by atoms with E-state index in [9.17, 15) is 4.79 Å². The number of para-hydroxylation sites is 1. The fraction of sp³-hybridized carbons (Fsp3) is 0.571. The monoisotopic (exact) mass is 342 g/mol. The van der Waals surface area contributed by atoms with Gasteiger partial charge < -0.3 is 14.6 Å². The maximum atomic E-state index is 12.9. The van der Waals surface area contributed by atoms with Gasteiger partial charge >= 0.3 is 0 Å². The second-order valence-corrected chi connectivity index (χ2v) is 7.18. The summed E-state index contributed by atoms with van der Waals surface area (Å²) >= 11 is 0. The van der Waals surface area contributed by atoms with E-state index in [0.717, 1.165) is 49.2 Å². The van der Waals surface area contributed by atoms with E-state index in [0.29, 0.717) is 12.3 Å². The zero-order valence-corrected chi connectivity index (χ0v) is 15.5. The van der Waals surface area contributed by atoms with Crippen LogP contribution in [0.15, 0.2) is 34.7 Å². The van der Waals surface area contributed by atoms with Crippen molar-refractivity contribution < 1.29 is 9.21 Å². The summed E-state index contributed by atoms with van der Waals surface area (Å²) in [4.78, 5) is 14.9. The van der Waals surface area contributed by atoms with Gasteiger partial charge in [-0.2, -0.15) is 0 Å². The number of rotatable bonds is 7. The number of furan rings is 1. The molecule has 0 aliphatic carbocycles. The van der Waals surface area contributed by atoms with Crippen molar-refractivity contribution in [1.29, 1.82) is 0 Å². The van der Waals surface area contributed by atoms with Gasteiger partial charge in [-0.15, -0.1) is 0 Å². The Hall–Kier alpha value is -1.81. The summed E-state index contributed by atoms with van der Waals surface area (Å²) < 4.78 is 6.00. The normalized spacial score (nSPS) is 16.9. The van der Waals surface area contributed by atoms with Crippen LogP contribution >= 0.6 is 0 Å². The highest BCUT2D eigenvalue weighted by molar-refractivity contribution is 5.79. The summed E-state index contributed by atoms with van der Waals surface area (Å²) in [5.74, 6) is 1.83. The third kappa shape index (κ3) is 4.43. The first-order chi connectivity index (χ1) is 12.2. The maximum absolute atomic E-state index is 12.9. The lowest BCUT2D eigenvalue weighted by atomic mass is 9.93. The molecule has 1 aromatic carbocycles. The van der Waals surface area contributed by atoms with E-state index in [1.165, 1.54) is 12.8 Å². The Morgan fingerprint density at radius 2 is 2.08 bits per heavy atom. The standard InChI is InChI=1S/C21H30N2O2/c1-3-14-23(21(24)9-8-17-10-12-22-13-11-17)16(2)20-15-18-6-4-5-7-19(18)25-20/h4-7,15-17,22H,3,8-14H2,1-2H3. The van der Waals surface area contributed by atoms with E-state index in [4.69, 9.17) is 4.42 Å². The van der Waals surface area contributed by atoms with Crippen molar-refractivity contribution >= 4 is 16.9 Å². The molecule has 25 heavy (non-hydrogen) atoms. The van der Waals surface area contributed by atoms with Gasteiger partial charge in [-0.3, -0.25) is 4.79 Å². The van der Waals surface area contributed by atoms with E-state index in [2.05, 4.69) is 31.3 Å². The zero-order valence-electron chi connectivity index (χ0n) is 15.5. The minimum atomic E-state index is -0.0205. The zero-order chi connectivity index (χ0) is 17.6. The minimum Gasteiger partial charge on any atom is -0.459 e. The topological polar surface area (TPSA) is 45.5 Å². The van der Waals surface area contributed by atoms with Crippen molar-refractivity contribution in [3.8, 4) is 0 Å². The molecule has 0 saturated carbocycles. The molecule has 1 N–H and O–H groups in total. The number of benzene rings is 1. The average Bonchev–Trinajstić information content (AvgIpc) is 3.09. The van der Waals surface area contributed by atoms with Gasteiger partial charge in [0.1, 0.15) is 11.3 Å². The lowest BCUT2D eigenvalue weighted by Crippen LogP contribution is -2.35. The lowest BCUT2D eigenvalue weighted by Gasteiger charge is -2.29. The SMILES string of the molecule is CCCN(C(=O)CCC1CCNCC1)C(C)c1cc2ccccc2o1. The number of amides is 1. The third-order valence-electron chi connectivity index (χ3n) is 5.33. The van der Waals surface area contributed by atoms with Gasteiger partial charge in [-0.05, 0) is 63.7 Å². The first-order valence-electron chi connectivity index (χ1n) is 9.67. The summed E-state index contributed by atoms with van der Waals surface area (Å²) in [6.45, 7) is 7.16. The Morgan fingerprint density at radius 1 is 1.32 bits per heavy atom. The smallest absolute Gasteiger partial charge is 0.223 e. The Bertz CT molecular complexity index is 655. The first kappa shape index (κ1) is 18.0. The van der Waals surface area contributed by atoms with Gasteiger partial charge in [-0.1, -0.05) is 25.1 Å².